The van der Waals surface area contributed by atoms with Crippen LogP contribution in [0.25, 0.3) is 0 Å². The number of rotatable bonds is 2. The molecule has 2 fully saturated rings. The minimum Gasteiger partial charge on any atom is -0.274 e. The molecular formula is C16H16N2O2S. The fraction of sp³-hybridized carbons (Fsp3) is 0.438. The first kappa shape index (κ1) is 14.2. The molecular weight excluding hydrogens is 284 g/mol. The van der Waals surface area contributed by atoms with Crippen molar-refractivity contribution >= 4 is 29.3 Å². The average Bonchev–Trinajstić information content (AvgIpc) is 2.72. The van der Waals surface area contributed by atoms with E-state index < -0.39 is 0 Å². The van der Waals surface area contributed by atoms with Crippen LogP contribution in [0.1, 0.15) is 26.2 Å². The summed E-state index contributed by atoms with van der Waals surface area (Å²) in [5.74, 6) is 0.114. The van der Waals surface area contributed by atoms with Crippen molar-refractivity contribution in [3.8, 4) is 5.40 Å². The van der Waals surface area contributed by atoms with E-state index in [1.165, 1.54) is 4.90 Å². The zero-order chi connectivity index (χ0) is 15.0. The van der Waals surface area contributed by atoms with Crippen molar-refractivity contribution in [2.75, 3.05) is 4.90 Å². The first-order valence-electron chi connectivity index (χ1n) is 7.15. The molecule has 3 rings (SSSR count). The fourth-order valence-corrected chi connectivity index (χ4v) is 3.74. The molecule has 2 amide bonds. The Morgan fingerprint density at radius 3 is 2.48 bits per heavy atom. The zero-order valence-electron chi connectivity index (χ0n) is 11.8. The first-order valence-corrected chi connectivity index (χ1v) is 7.97. The fourth-order valence-electron chi connectivity index (χ4n) is 3.36. The second kappa shape index (κ2) is 5.53. The Kier molecular flexibility index (Phi) is 3.73. The van der Waals surface area contributed by atoms with Crippen molar-refractivity contribution in [2.24, 2.45) is 17.8 Å². The van der Waals surface area contributed by atoms with Crippen LogP contribution in [0.15, 0.2) is 29.2 Å². The third-order valence-corrected chi connectivity index (χ3v) is 5.05. The molecule has 1 aliphatic carbocycles. The Hall–Kier alpha value is -1.80. The van der Waals surface area contributed by atoms with Crippen LogP contribution in [0.2, 0.25) is 0 Å². The number of hydrogen-bond donors (Lipinski definition) is 0. The van der Waals surface area contributed by atoms with E-state index in [2.05, 4.69) is 6.92 Å². The minimum absolute atomic E-state index is 0.0578. The lowest BCUT2D eigenvalue weighted by Crippen LogP contribution is -2.30. The molecule has 21 heavy (non-hydrogen) atoms. The van der Waals surface area contributed by atoms with E-state index in [4.69, 9.17) is 5.26 Å². The number of carbonyl (C=O) groups is 2. The standard InChI is InChI=1S/C16H16N2O2S/c1-10-2-7-13-14(8-10)16(20)18(15(13)19)11-3-5-12(6-4-11)21-9-17/h3-6,10,13-14H,2,7-8H2,1H3/t10-,13-,14-/m1/s1. The van der Waals surface area contributed by atoms with Gasteiger partial charge in [0.05, 0.1) is 17.5 Å². The maximum absolute atomic E-state index is 12.6. The molecule has 1 aromatic rings. The van der Waals surface area contributed by atoms with E-state index in [0.29, 0.717) is 11.6 Å². The van der Waals surface area contributed by atoms with Gasteiger partial charge in [-0.3, -0.25) is 14.5 Å². The number of hydrogen-bond acceptors (Lipinski definition) is 4. The molecule has 0 aromatic heterocycles. The summed E-state index contributed by atoms with van der Waals surface area (Å²) in [6.07, 6.45) is 2.65. The van der Waals surface area contributed by atoms with Crippen LogP contribution in [-0.2, 0) is 9.59 Å². The van der Waals surface area contributed by atoms with Gasteiger partial charge in [0, 0.05) is 4.90 Å². The molecule has 5 heteroatoms. The maximum Gasteiger partial charge on any atom is 0.237 e. The number of nitriles is 1. The van der Waals surface area contributed by atoms with Crippen molar-refractivity contribution in [3.05, 3.63) is 24.3 Å². The lowest BCUT2D eigenvalue weighted by atomic mass is 9.76. The van der Waals surface area contributed by atoms with Crippen molar-refractivity contribution in [1.29, 1.82) is 5.26 Å². The van der Waals surface area contributed by atoms with Gasteiger partial charge in [-0.05, 0) is 61.2 Å². The summed E-state index contributed by atoms with van der Waals surface area (Å²) in [6.45, 7) is 2.14. The van der Waals surface area contributed by atoms with E-state index in [1.807, 2.05) is 5.40 Å². The summed E-state index contributed by atoms with van der Waals surface area (Å²) in [5, 5.41) is 10.6. The molecule has 1 heterocycles. The third kappa shape index (κ3) is 2.44. The monoisotopic (exact) mass is 300 g/mol. The molecule has 1 aliphatic heterocycles. The molecule has 108 valence electrons. The molecule has 0 N–H and O–H groups in total. The van der Waals surface area contributed by atoms with E-state index in [0.717, 1.165) is 35.9 Å². The van der Waals surface area contributed by atoms with Gasteiger partial charge in [0.25, 0.3) is 0 Å². The van der Waals surface area contributed by atoms with Gasteiger partial charge in [-0.15, -0.1) is 0 Å². The van der Waals surface area contributed by atoms with Crippen molar-refractivity contribution in [1.82, 2.24) is 0 Å². The van der Waals surface area contributed by atoms with E-state index >= 15 is 0 Å². The van der Waals surface area contributed by atoms with Crippen LogP contribution in [-0.4, -0.2) is 11.8 Å². The lowest BCUT2D eigenvalue weighted by Gasteiger charge is -2.25. The lowest BCUT2D eigenvalue weighted by molar-refractivity contribution is -0.122. The highest BCUT2D eigenvalue weighted by atomic mass is 32.2. The first-order chi connectivity index (χ1) is 10.1. The van der Waals surface area contributed by atoms with Crippen LogP contribution in [0.3, 0.4) is 0 Å². The molecule has 0 radical (unpaired) electrons. The number of carbonyl (C=O) groups excluding carboxylic acids is 2. The summed E-state index contributed by atoms with van der Waals surface area (Å²) >= 11 is 1.07. The largest absolute Gasteiger partial charge is 0.274 e. The van der Waals surface area contributed by atoms with Gasteiger partial charge in [-0.25, -0.2) is 0 Å². The predicted molar refractivity (Wildman–Crippen MR) is 80.4 cm³/mol. The Balaban J connectivity index is 1.87. The highest BCUT2D eigenvalue weighted by Crippen LogP contribution is 2.42. The van der Waals surface area contributed by atoms with Crippen molar-refractivity contribution < 1.29 is 9.59 Å². The Morgan fingerprint density at radius 1 is 1.14 bits per heavy atom. The number of thioether (sulfide) groups is 1. The Bertz CT molecular complexity index is 620. The zero-order valence-corrected chi connectivity index (χ0v) is 12.6. The van der Waals surface area contributed by atoms with Crippen LogP contribution in [0.4, 0.5) is 5.69 Å². The molecule has 0 spiro atoms. The maximum atomic E-state index is 12.6. The van der Waals surface area contributed by atoms with E-state index in [-0.39, 0.29) is 23.7 Å². The summed E-state index contributed by atoms with van der Waals surface area (Å²) in [5.41, 5.74) is 0.620. The second-order valence-corrected chi connectivity index (χ2v) is 6.69. The number of imide groups is 1. The van der Waals surface area contributed by atoms with Crippen LogP contribution in [0.5, 0.6) is 0 Å². The summed E-state index contributed by atoms with van der Waals surface area (Å²) in [6, 6.07) is 7.04. The molecule has 1 saturated carbocycles. The highest BCUT2D eigenvalue weighted by Gasteiger charge is 2.49. The minimum atomic E-state index is -0.144. The average molecular weight is 300 g/mol. The van der Waals surface area contributed by atoms with Crippen molar-refractivity contribution in [3.63, 3.8) is 0 Å². The molecule has 1 aromatic carbocycles. The summed E-state index contributed by atoms with van der Waals surface area (Å²) in [7, 11) is 0. The van der Waals surface area contributed by atoms with Crippen LogP contribution in [0, 0.1) is 28.4 Å². The normalized spacial score (nSPS) is 28.4. The third-order valence-electron chi connectivity index (χ3n) is 4.45. The van der Waals surface area contributed by atoms with Gasteiger partial charge < -0.3 is 0 Å². The summed E-state index contributed by atoms with van der Waals surface area (Å²) in [4.78, 5) is 27.2. The Morgan fingerprint density at radius 2 is 1.81 bits per heavy atom. The molecule has 0 bridgehead atoms. The quantitative estimate of drug-likeness (QED) is 0.478. The molecule has 1 saturated heterocycles. The Labute approximate surface area is 128 Å². The number of benzene rings is 1. The van der Waals surface area contributed by atoms with Crippen molar-refractivity contribution in [2.45, 2.75) is 31.1 Å². The van der Waals surface area contributed by atoms with Gasteiger partial charge in [0.2, 0.25) is 11.8 Å². The topological polar surface area (TPSA) is 61.2 Å². The van der Waals surface area contributed by atoms with Gasteiger partial charge in [0.15, 0.2) is 0 Å². The number of amides is 2. The van der Waals surface area contributed by atoms with Crippen LogP contribution < -0.4 is 4.90 Å². The highest BCUT2D eigenvalue weighted by molar-refractivity contribution is 8.03. The number of nitrogens with zero attached hydrogens (tertiary/aromatic N) is 2. The van der Waals surface area contributed by atoms with Gasteiger partial charge in [0.1, 0.15) is 5.40 Å². The van der Waals surface area contributed by atoms with E-state index in [1.54, 1.807) is 24.3 Å². The molecule has 0 unspecified atom stereocenters. The summed E-state index contributed by atoms with van der Waals surface area (Å²) < 4.78 is 0. The molecule has 3 atom stereocenters. The number of anilines is 1. The van der Waals surface area contributed by atoms with Crippen LogP contribution >= 0.6 is 11.8 Å². The van der Waals surface area contributed by atoms with Gasteiger partial charge in [-0.1, -0.05) is 6.92 Å². The SMILES string of the molecule is C[C@@H]1CC[C@H]2C(=O)N(c3ccc(SC#N)cc3)C(=O)[C@@H]2C1. The molecule has 2 aliphatic rings. The smallest absolute Gasteiger partial charge is 0.237 e. The van der Waals surface area contributed by atoms with Gasteiger partial charge >= 0.3 is 0 Å². The number of fused-ring (bicyclic) bond motifs is 1. The second-order valence-electron chi connectivity index (χ2n) is 5.83. The predicted octanol–water partition coefficient (Wildman–Crippen LogP) is 3.19. The van der Waals surface area contributed by atoms with Gasteiger partial charge in [-0.2, -0.15) is 5.26 Å². The van der Waals surface area contributed by atoms with E-state index in [9.17, 15) is 9.59 Å². The number of thiocyanates is 1. The molecule has 4 nitrogen and oxygen atoms in total.